The van der Waals surface area contributed by atoms with Crippen molar-refractivity contribution >= 4 is 6.09 Å². The second-order valence-electron chi connectivity index (χ2n) is 10.2. The number of hydrogen-bond donors (Lipinski definition) is 1. The Morgan fingerprint density at radius 3 is 2.33 bits per heavy atom. The van der Waals surface area contributed by atoms with Crippen molar-refractivity contribution in [1.29, 1.82) is 0 Å². The summed E-state index contributed by atoms with van der Waals surface area (Å²) in [5, 5.41) is 2.93. The van der Waals surface area contributed by atoms with Gasteiger partial charge in [0.05, 0.1) is 11.7 Å². The minimum atomic E-state index is -0.665. The monoisotopic (exact) mass is 455 g/mol. The molecule has 1 N–H and O–H groups in total. The van der Waals surface area contributed by atoms with Gasteiger partial charge in [-0.05, 0) is 49.9 Å². The first-order chi connectivity index (χ1) is 15.3. The first-order valence-electron chi connectivity index (χ1n) is 10.9. The molecule has 1 amide bonds. The van der Waals surface area contributed by atoms with Gasteiger partial charge in [0.2, 0.25) is 0 Å². The van der Waals surface area contributed by atoms with Crippen LogP contribution in [0.4, 0.5) is 13.6 Å². The van der Waals surface area contributed by atoms with Crippen LogP contribution >= 0.6 is 0 Å². The fourth-order valence-electron chi connectivity index (χ4n) is 3.48. The number of benzene rings is 2. The predicted molar refractivity (Wildman–Crippen MR) is 125 cm³/mol. The van der Waals surface area contributed by atoms with Gasteiger partial charge in [0.1, 0.15) is 23.1 Å². The number of rotatable bonds is 5. The first kappa shape index (κ1) is 24.4. The first-order valence-corrected chi connectivity index (χ1v) is 10.9. The number of halogens is 2. The number of carbonyl (C=O) groups is 1. The van der Waals surface area contributed by atoms with Crippen LogP contribution in [0.25, 0.3) is 11.3 Å². The molecule has 2 aromatic carbocycles. The van der Waals surface area contributed by atoms with Crippen LogP contribution in [0.15, 0.2) is 54.7 Å². The van der Waals surface area contributed by atoms with Gasteiger partial charge in [-0.2, -0.15) is 0 Å². The molecule has 0 aliphatic heterocycles. The molecule has 0 unspecified atom stereocenters. The number of nitrogens with one attached hydrogen (secondary N) is 1. The Morgan fingerprint density at radius 2 is 1.73 bits per heavy atom. The quantitative estimate of drug-likeness (QED) is 0.478. The van der Waals surface area contributed by atoms with Crippen molar-refractivity contribution in [3.8, 4) is 11.3 Å². The van der Waals surface area contributed by atoms with E-state index in [1.54, 1.807) is 27.0 Å². The third-order valence-electron chi connectivity index (χ3n) is 4.99. The zero-order valence-electron chi connectivity index (χ0n) is 19.9. The van der Waals surface area contributed by atoms with Gasteiger partial charge in [-0.3, -0.25) is 0 Å². The topological polar surface area (TPSA) is 56.1 Å². The maximum atomic E-state index is 14.5. The number of nitrogens with zero attached hydrogens (tertiary/aromatic N) is 2. The molecular formula is C26H31F2N3O2. The Labute approximate surface area is 193 Å². The van der Waals surface area contributed by atoms with Crippen molar-refractivity contribution in [2.75, 3.05) is 0 Å². The molecule has 1 heterocycles. The van der Waals surface area contributed by atoms with E-state index in [2.05, 4.69) is 10.3 Å². The maximum Gasteiger partial charge on any atom is 0.408 e. The van der Waals surface area contributed by atoms with Gasteiger partial charge in [0, 0.05) is 18.3 Å². The van der Waals surface area contributed by atoms with Crippen LogP contribution < -0.4 is 5.32 Å². The van der Waals surface area contributed by atoms with Crippen molar-refractivity contribution in [3.63, 3.8) is 0 Å². The highest BCUT2D eigenvalue weighted by Gasteiger charge is 2.34. The number of amides is 1. The summed E-state index contributed by atoms with van der Waals surface area (Å²) < 4.78 is 35.8. The van der Waals surface area contributed by atoms with E-state index in [1.807, 2.05) is 55.7 Å². The van der Waals surface area contributed by atoms with Crippen LogP contribution in [-0.4, -0.2) is 21.2 Å². The van der Waals surface area contributed by atoms with Gasteiger partial charge in [-0.15, -0.1) is 0 Å². The molecule has 0 bridgehead atoms. The number of ether oxygens (including phenoxy) is 1. The van der Waals surface area contributed by atoms with E-state index in [0.717, 1.165) is 23.8 Å². The fraction of sp³-hybridized carbons (Fsp3) is 0.385. The van der Waals surface area contributed by atoms with Gasteiger partial charge < -0.3 is 14.6 Å². The van der Waals surface area contributed by atoms with Crippen molar-refractivity contribution in [2.24, 2.45) is 5.41 Å². The summed E-state index contributed by atoms with van der Waals surface area (Å²) >= 11 is 0. The summed E-state index contributed by atoms with van der Waals surface area (Å²) in [7, 11) is 0. The summed E-state index contributed by atoms with van der Waals surface area (Å²) in [5.41, 5.74) is 0.245. The Hall–Kier alpha value is -3.22. The minimum absolute atomic E-state index is 0.0630. The third kappa shape index (κ3) is 6.40. The molecule has 0 saturated carbocycles. The zero-order valence-corrected chi connectivity index (χ0v) is 19.9. The summed E-state index contributed by atoms with van der Waals surface area (Å²) in [6, 6.07) is 12.5. The van der Waals surface area contributed by atoms with E-state index < -0.39 is 34.8 Å². The highest BCUT2D eigenvalue weighted by atomic mass is 19.1. The van der Waals surface area contributed by atoms with Crippen LogP contribution in [0, 0.1) is 17.0 Å². The molecule has 0 spiro atoms. The summed E-state index contributed by atoms with van der Waals surface area (Å²) in [4.78, 5) is 17.3. The molecule has 176 valence electrons. The van der Waals surface area contributed by atoms with E-state index in [0.29, 0.717) is 12.4 Å². The second-order valence-corrected chi connectivity index (χ2v) is 10.2. The van der Waals surface area contributed by atoms with Gasteiger partial charge in [-0.25, -0.2) is 18.6 Å². The van der Waals surface area contributed by atoms with Crippen LogP contribution in [-0.2, 0) is 11.3 Å². The number of imidazole rings is 1. The molecule has 1 atom stereocenters. The number of alkyl carbamates (subject to hydrolysis) is 1. The number of hydrogen-bond acceptors (Lipinski definition) is 3. The zero-order chi connectivity index (χ0) is 24.4. The Bertz CT molecular complexity index is 1110. The lowest BCUT2D eigenvalue weighted by molar-refractivity contribution is 0.0456. The SMILES string of the molecule is CC(C)(C)OC(=O)N[C@@H](c1nc(-c2cc(F)ccc2F)cn1Cc1ccccc1)C(C)(C)C. The lowest BCUT2D eigenvalue weighted by Crippen LogP contribution is -2.41. The van der Waals surface area contributed by atoms with Crippen molar-refractivity contribution < 1.29 is 18.3 Å². The normalized spacial score (nSPS) is 13.0. The van der Waals surface area contributed by atoms with E-state index in [9.17, 15) is 13.6 Å². The van der Waals surface area contributed by atoms with Crippen LogP contribution in [0.1, 0.15) is 59.0 Å². The smallest absolute Gasteiger partial charge is 0.408 e. The highest BCUT2D eigenvalue weighted by Crippen LogP contribution is 2.35. The summed E-state index contributed by atoms with van der Waals surface area (Å²) in [5.74, 6) is -0.597. The average Bonchev–Trinajstić information content (AvgIpc) is 3.09. The lowest BCUT2D eigenvalue weighted by Gasteiger charge is -2.32. The lowest BCUT2D eigenvalue weighted by atomic mass is 9.86. The molecule has 0 saturated heterocycles. The predicted octanol–water partition coefficient (Wildman–Crippen LogP) is 6.49. The molecule has 5 nitrogen and oxygen atoms in total. The van der Waals surface area contributed by atoms with Crippen LogP contribution in [0.3, 0.4) is 0 Å². The standard InChI is InChI=1S/C26H31F2N3O2/c1-25(2,3)22(30-24(32)33-26(4,5)6)23-29-21(19-14-18(27)12-13-20(19)28)16-31(23)15-17-10-8-7-9-11-17/h7-14,16,22H,15H2,1-6H3,(H,30,32)/t22-/m0/s1. The molecule has 0 aliphatic carbocycles. The molecule has 0 radical (unpaired) electrons. The number of carbonyl (C=O) groups excluding carboxylic acids is 1. The van der Waals surface area contributed by atoms with Gasteiger partial charge in [0.25, 0.3) is 0 Å². The second kappa shape index (κ2) is 9.33. The van der Waals surface area contributed by atoms with E-state index in [-0.39, 0.29) is 11.3 Å². The largest absolute Gasteiger partial charge is 0.444 e. The molecule has 1 aromatic heterocycles. The van der Waals surface area contributed by atoms with Gasteiger partial charge in [-0.1, -0.05) is 51.1 Å². The van der Waals surface area contributed by atoms with Crippen molar-refractivity contribution in [1.82, 2.24) is 14.9 Å². The van der Waals surface area contributed by atoms with Gasteiger partial charge >= 0.3 is 6.09 Å². The molecular weight excluding hydrogens is 424 g/mol. The maximum absolute atomic E-state index is 14.5. The minimum Gasteiger partial charge on any atom is -0.444 e. The Morgan fingerprint density at radius 1 is 1.06 bits per heavy atom. The third-order valence-corrected chi connectivity index (χ3v) is 4.99. The van der Waals surface area contributed by atoms with Crippen molar-refractivity contribution in [3.05, 3.63) is 77.8 Å². The van der Waals surface area contributed by atoms with E-state index in [4.69, 9.17) is 4.74 Å². The van der Waals surface area contributed by atoms with Crippen LogP contribution in [0.5, 0.6) is 0 Å². The molecule has 0 fully saturated rings. The number of aromatic nitrogens is 2. The molecule has 7 heteroatoms. The average molecular weight is 456 g/mol. The van der Waals surface area contributed by atoms with Gasteiger partial charge in [0.15, 0.2) is 0 Å². The molecule has 3 aromatic rings. The summed E-state index contributed by atoms with van der Waals surface area (Å²) in [6.45, 7) is 11.7. The highest BCUT2D eigenvalue weighted by molar-refractivity contribution is 5.68. The Balaban J connectivity index is 2.10. The molecule has 0 aliphatic rings. The van der Waals surface area contributed by atoms with E-state index >= 15 is 0 Å². The fourth-order valence-corrected chi connectivity index (χ4v) is 3.48. The molecule has 3 rings (SSSR count). The van der Waals surface area contributed by atoms with E-state index in [1.165, 1.54) is 0 Å². The molecule has 33 heavy (non-hydrogen) atoms. The van der Waals surface area contributed by atoms with Crippen molar-refractivity contribution in [2.45, 2.75) is 59.7 Å². The van der Waals surface area contributed by atoms with Crippen LogP contribution in [0.2, 0.25) is 0 Å². The summed E-state index contributed by atoms with van der Waals surface area (Å²) in [6.07, 6.45) is 1.12. The Kier molecular flexibility index (Phi) is 6.91.